The molecule has 0 heterocycles. The second-order valence-corrected chi connectivity index (χ2v) is 4.87. The zero-order chi connectivity index (χ0) is 14.5. The minimum absolute atomic E-state index is 0.0310. The Kier molecular flexibility index (Phi) is 4.47. The molecule has 0 saturated heterocycles. The van der Waals surface area contributed by atoms with E-state index in [2.05, 4.69) is 5.32 Å². The average Bonchev–Trinajstić information content (AvgIpc) is 3.27. The number of carbonyl (C=O) groups excluding carboxylic acids is 1. The van der Waals surface area contributed by atoms with Crippen LogP contribution >= 0.6 is 0 Å². The molecule has 0 radical (unpaired) electrons. The van der Waals surface area contributed by atoms with Crippen molar-refractivity contribution >= 4 is 17.7 Å². The normalized spacial score (nSPS) is 16.1. The van der Waals surface area contributed by atoms with E-state index < -0.39 is 4.92 Å². The van der Waals surface area contributed by atoms with E-state index in [1.54, 1.807) is 18.2 Å². The largest absolute Gasteiger partial charge is 0.348 e. The molecule has 1 atom stereocenters. The van der Waals surface area contributed by atoms with E-state index in [9.17, 15) is 14.9 Å². The molecule has 20 heavy (non-hydrogen) atoms. The molecule has 1 aromatic carbocycles. The summed E-state index contributed by atoms with van der Waals surface area (Å²) in [5, 5.41) is 13.4. The maximum Gasteiger partial charge on any atom is 0.269 e. The first-order valence-corrected chi connectivity index (χ1v) is 6.53. The molecule has 6 heteroatoms. The SMILES string of the molecule is NCC(NC(=O)C=Cc1ccc([N+](=O)[O-])cc1)C1CC1. The van der Waals surface area contributed by atoms with Gasteiger partial charge in [0.05, 0.1) is 4.92 Å². The molecule has 0 bridgehead atoms. The quantitative estimate of drug-likeness (QED) is 0.466. The van der Waals surface area contributed by atoms with Gasteiger partial charge in [0.15, 0.2) is 0 Å². The summed E-state index contributed by atoms with van der Waals surface area (Å²) < 4.78 is 0. The van der Waals surface area contributed by atoms with Crippen LogP contribution in [0.25, 0.3) is 6.08 Å². The van der Waals surface area contributed by atoms with Gasteiger partial charge in [-0.25, -0.2) is 0 Å². The zero-order valence-electron chi connectivity index (χ0n) is 11.0. The molecule has 3 N–H and O–H groups in total. The highest BCUT2D eigenvalue weighted by Crippen LogP contribution is 2.32. The molecule has 1 aliphatic carbocycles. The topological polar surface area (TPSA) is 98.3 Å². The van der Waals surface area contributed by atoms with Crippen molar-refractivity contribution in [3.63, 3.8) is 0 Å². The van der Waals surface area contributed by atoms with E-state index in [4.69, 9.17) is 5.73 Å². The van der Waals surface area contributed by atoms with E-state index >= 15 is 0 Å². The van der Waals surface area contributed by atoms with Crippen molar-refractivity contribution in [1.29, 1.82) is 0 Å². The number of non-ortho nitro benzene ring substituents is 1. The number of hydrogen-bond acceptors (Lipinski definition) is 4. The van der Waals surface area contributed by atoms with E-state index in [1.165, 1.54) is 18.2 Å². The van der Waals surface area contributed by atoms with Crippen molar-refractivity contribution in [2.75, 3.05) is 6.54 Å². The Balaban J connectivity index is 1.90. The van der Waals surface area contributed by atoms with Gasteiger partial charge in [-0.2, -0.15) is 0 Å². The van der Waals surface area contributed by atoms with Crippen LogP contribution < -0.4 is 11.1 Å². The summed E-state index contributed by atoms with van der Waals surface area (Å²) in [5.41, 5.74) is 6.38. The summed E-state index contributed by atoms with van der Waals surface area (Å²) in [7, 11) is 0. The first-order valence-electron chi connectivity index (χ1n) is 6.53. The first-order chi connectivity index (χ1) is 9.60. The van der Waals surface area contributed by atoms with Crippen molar-refractivity contribution in [3.8, 4) is 0 Å². The third-order valence-corrected chi connectivity index (χ3v) is 3.30. The van der Waals surface area contributed by atoms with Crippen molar-refractivity contribution in [2.45, 2.75) is 18.9 Å². The molecule has 1 unspecified atom stereocenters. The first kappa shape index (κ1) is 14.2. The van der Waals surface area contributed by atoms with E-state index in [-0.39, 0.29) is 17.6 Å². The van der Waals surface area contributed by atoms with Crippen molar-refractivity contribution < 1.29 is 9.72 Å². The molecule has 0 aromatic heterocycles. The number of nitro groups is 1. The lowest BCUT2D eigenvalue weighted by molar-refractivity contribution is -0.384. The van der Waals surface area contributed by atoms with Gasteiger partial charge in [0.1, 0.15) is 0 Å². The highest BCUT2D eigenvalue weighted by molar-refractivity contribution is 5.92. The van der Waals surface area contributed by atoms with Crippen LogP contribution in [-0.4, -0.2) is 23.4 Å². The molecule has 106 valence electrons. The van der Waals surface area contributed by atoms with E-state index in [0.29, 0.717) is 12.5 Å². The molecule has 1 saturated carbocycles. The number of nitrogens with zero attached hydrogens (tertiary/aromatic N) is 1. The average molecular weight is 275 g/mol. The van der Waals surface area contributed by atoms with Crippen molar-refractivity contribution in [3.05, 3.63) is 46.0 Å². The highest BCUT2D eigenvalue weighted by Gasteiger charge is 2.30. The standard InChI is InChI=1S/C14H17N3O3/c15-9-13(11-4-5-11)16-14(18)8-3-10-1-6-12(7-2-10)17(19)20/h1-3,6-8,11,13H,4-5,9,15H2,(H,16,18). The van der Waals surface area contributed by atoms with E-state index in [1.807, 2.05) is 0 Å². The van der Waals surface area contributed by atoms with Crippen molar-refractivity contribution in [2.24, 2.45) is 11.7 Å². The monoisotopic (exact) mass is 275 g/mol. The Bertz CT molecular complexity index is 521. The lowest BCUT2D eigenvalue weighted by Crippen LogP contribution is -2.40. The van der Waals surface area contributed by atoms with Crippen LogP contribution in [-0.2, 0) is 4.79 Å². The third-order valence-electron chi connectivity index (χ3n) is 3.30. The second-order valence-electron chi connectivity index (χ2n) is 4.87. The molecular weight excluding hydrogens is 258 g/mol. The van der Waals surface area contributed by atoms with Crippen LogP contribution in [0.1, 0.15) is 18.4 Å². The number of nitro benzene ring substituents is 1. The Morgan fingerprint density at radius 1 is 1.45 bits per heavy atom. The van der Waals surface area contributed by atoms with E-state index in [0.717, 1.165) is 18.4 Å². The fourth-order valence-electron chi connectivity index (χ4n) is 1.98. The Hall–Kier alpha value is -2.21. The number of benzene rings is 1. The summed E-state index contributed by atoms with van der Waals surface area (Å²) in [6.45, 7) is 0.446. The fourth-order valence-corrected chi connectivity index (χ4v) is 1.98. The smallest absolute Gasteiger partial charge is 0.269 e. The van der Waals surface area contributed by atoms with Gasteiger partial charge >= 0.3 is 0 Å². The third kappa shape index (κ3) is 3.89. The number of hydrogen-bond donors (Lipinski definition) is 2. The fraction of sp³-hybridized carbons (Fsp3) is 0.357. The molecule has 1 aromatic rings. The van der Waals surface area contributed by atoms with Crippen LogP contribution in [0.2, 0.25) is 0 Å². The number of rotatable bonds is 6. The van der Waals surface area contributed by atoms with Gasteiger partial charge in [0.2, 0.25) is 5.91 Å². The predicted molar refractivity (Wildman–Crippen MR) is 75.8 cm³/mol. The number of nitrogens with one attached hydrogen (secondary N) is 1. The highest BCUT2D eigenvalue weighted by atomic mass is 16.6. The molecule has 1 amide bonds. The van der Waals surface area contributed by atoms with Crippen molar-refractivity contribution in [1.82, 2.24) is 5.32 Å². The summed E-state index contributed by atoms with van der Waals surface area (Å²) in [4.78, 5) is 21.8. The summed E-state index contributed by atoms with van der Waals surface area (Å²) in [6.07, 6.45) is 5.29. The molecule has 6 nitrogen and oxygen atoms in total. The molecular formula is C14H17N3O3. The minimum atomic E-state index is -0.457. The van der Waals surface area contributed by atoms with Gasteiger partial charge in [-0.3, -0.25) is 14.9 Å². The maximum absolute atomic E-state index is 11.7. The number of carbonyl (C=O) groups is 1. The second kappa shape index (κ2) is 6.29. The van der Waals surface area contributed by atoms with Crippen LogP contribution in [0.3, 0.4) is 0 Å². The maximum atomic E-state index is 11.7. The lowest BCUT2D eigenvalue weighted by atomic mass is 10.1. The van der Waals surface area contributed by atoms with Crippen LogP contribution in [0.4, 0.5) is 5.69 Å². The number of amides is 1. The van der Waals surface area contributed by atoms with Crippen LogP contribution in [0.5, 0.6) is 0 Å². The van der Waals surface area contributed by atoms with Crippen LogP contribution in [0, 0.1) is 16.0 Å². The lowest BCUT2D eigenvalue weighted by Gasteiger charge is -2.14. The molecule has 1 aliphatic rings. The Morgan fingerprint density at radius 2 is 2.10 bits per heavy atom. The summed E-state index contributed by atoms with van der Waals surface area (Å²) >= 11 is 0. The minimum Gasteiger partial charge on any atom is -0.348 e. The predicted octanol–water partition coefficient (Wildman–Crippen LogP) is 1.46. The zero-order valence-corrected chi connectivity index (χ0v) is 11.0. The summed E-state index contributed by atoms with van der Waals surface area (Å²) in [6, 6.07) is 6.06. The summed E-state index contributed by atoms with van der Waals surface area (Å²) in [5.74, 6) is 0.322. The Morgan fingerprint density at radius 3 is 2.60 bits per heavy atom. The van der Waals surface area contributed by atoms with Gasteiger partial charge in [-0.15, -0.1) is 0 Å². The van der Waals surface area contributed by atoms with Crippen LogP contribution in [0.15, 0.2) is 30.3 Å². The Labute approximate surface area is 116 Å². The molecule has 0 aliphatic heterocycles. The molecule has 0 spiro atoms. The van der Waals surface area contributed by atoms with Gasteiger partial charge in [-0.05, 0) is 42.5 Å². The molecule has 2 rings (SSSR count). The number of nitrogens with two attached hydrogens (primary N) is 1. The van der Waals surface area contributed by atoms with Gasteiger partial charge < -0.3 is 11.1 Å². The van der Waals surface area contributed by atoms with Gasteiger partial charge in [0, 0.05) is 30.8 Å². The molecule has 1 fully saturated rings. The van der Waals surface area contributed by atoms with Gasteiger partial charge in [0.25, 0.3) is 5.69 Å². The van der Waals surface area contributed by atoms with Gasteiger partial charge in [-0.1, -0.05) is 0 Å².